The van der Waals surface area contributed by atoms with E-state index in [9.17, 15) is 13.5 Å². The maximum Gasteiger partial charge on any atom is 0.261 e. The van der Waals surface area contributed by atoms with Crippen molar-refractivity contribution >= 4 is 31.6 Å². The van der Waals surface area contributed by atoms with Crippen LogP contribution in [-0.4, -0.2) is 13.5 Å². The van der Waals surface area contributed by atoms with Crippen LogP contribution in [0.2, 0.25) is 0 Å². The smallest absolute Gasteiger partial charge is 0.261 e. The first kappa shape index (κ1) is 16.0. The molecular weight excluding hydrogens is 354 g/mol. The third-order valence-corrected chi connectivity index (χ3v) is 5.33. The Morgan fingerprint density at radius 3 is 2.52 bits per heavy atom. The van der Waals surface area contributed by atoms with Gasteiger partial charge in [-0.1, -0.05) is 28.1 Å². The third-order valence-electron chi connectivity index (χ3n) is 3.06. The number of rotatable bonds is 4. The molecule has 2 rings (SSSR count). The maximum atomic E-state index is 12.4. The van der Waals surface area contributed by atoms with Crippen LogP contribution < -0.4 is 4.72 Å². The number of anilines is 1. The van der Waals surface area contributed by atoms with E-state index in [4.69, 9.17) is 0 Å². The van der Waals surface area contributed by atoms with E-state index in [1.165, 1.54) is 12.1 Å². The monoisotopic (exact) mass is 369 g/mol. The molecular formula is C15H16BrNO3S. The number of hydrogen-bond acceptors (Lipinski definition) is 3. The Morgan fingerprint density at radius 1 is 1.19 bits per heavy atom. The summed E-state index contributed by atoms with van der Waals surface area (Å²) in [6.07, 6.45) is -0.713. The van der Waals surface area contributed by atoms with Gasteiger partial charge in [0.25, 0.3) is 10.0 Å². The molecule has 0 aliphatic carbocycles. The minimum Gasteiger partial charge on any atom is -0.389 e. The van der Waals surface area contributed by atoms with Crippen molar-refractivity contribution in [3.63, 3.8) is 0 Å². The van der Waals surface area contributed by atoms with E-state index in [1.807, 2.05) is 6.92 Å². The lowest BCUT2D eigenvalue weighted by molar-refractivity contribution is 0.199. The number of hydrogen-bond donors (Lipinski definition) is 2. The Balaban J connectivity index is 2.33. The number of nitrogens with one attached hydrogen (secondary N) is 1. The van der Waals surface area contributed by atoms with Gasteiger partial charge in [0, 0.05) is 10.2 Å². The topological polar surface area (TPSA) is 66.4 Å². The second-order valence-electron chi connectivity index (χ2n) is 4.82. The Kier molecular flexibility index (Phi) is 4.70. The summed E-state index contributed by atoms with van der Waals surface area (Å²) in [6.45, 7) is 3.48. The van der Waals surface area contributed by atoms with Crippen LogP contribution in [-0.2, 0) is 10.0 Å². The largest absolute Gasteiger partial charge is 0.389 e. The molecule has 21 heavy (non-hydrogen) atoms. The van der Waals surface area contributed by atoms with Crippen LogP contribution in [0.25, 0.3) is 0 Å². The molecule has 0 radical (unpaired) electrons. The summed E-state index contributed by atoms with van der Waals surface area (Å²) in [5.41, 5.74) is 2.00. The van der Waals surface area contributed by atoms with E-state index in [1.54, 1.807) is 37.3 Å². The van der Waals surface area contributed by atoms with Gasteiger partial charge in [-0.3, -0.25) is 4.72 Å². The predicted molar refractivity (Wildman–Crippen MR) is 86.8 cm³/mol. The minimum absolute atomic E-state index is 0.126. The fourth-order valence-corrected chi connectivity index (χ4v) is 3.21. The lowest BCUT2D eigenvalue weighted by Gasteiger charge is -2.11. The van der Waals surface area contributed by atoms with Crippen molar-refractivity contribution in [2.75, 3.05) is 4.72 Å². The molecule has 0 amide bonds. The van der Waals surface area contributed by atoms with E-state index in [2.05, 4.69) is 20.7 Å². The Hall–Kier alpha value is -1.37. The van der Waals surface area contributed by atoms with E-state index in [0.717, 1.165) is 10.0 Å². The number of benzene rings is 2. The van der Waals surface area contributed by atoms with Gasteiger partial charge >= 0.3 is 0 Å². The second kappa shape index (κ2) is 6.17. The standard InChI is InChI=1S/C15H16BrNO3S/c1-10-8-13(6-7-15(10)16)17-21(19,20)14-5-3-4-12(9-14)11(2)18/h3-9,11,17-18H,1-2H3. The summed E-state index contributed by atoms with van der Waals surface area (Å²) in [4.78, 5) is 0.126. The van der Waals surface area contributed by atoms with Crippen molar-refractivity contribution in [1.82, 2.24) is 0 Å². The number of aliphatic hydroxyl groups is 1. The molecule has 1 unspecified atom stereocenters. The SMILES string of the molecule is Cc1cc(NS(=O)(=O)c2cccc(C(C)O)c2)ccc1Br. The van der Waals surface area contributed by atoms with Gasteiger partial charge in [0.2, 0.25) is 0 Å². The predicted octanol–water partition coefficient (Wildman–Crippen LogP) is 3.61. The molecule has 2 aromatic carbocycles. The van der Waals surface area contributed by atoms with Crippen LogP contribution in [0.15, 0.2) is 51.8 Å². The molecule has 1 atom stereocenters. The lowest BCUT2D eigenvalue weighted by atomic mass is 10.1. The average molecular weight is 370 g/mol. The molecule has 0 bridgehead atoms. The third kappa shape index (κ3) is 3.84. The molecule has 0 aromatic heterocycles. The van der Waals surface area contributed by atoms with Gasteiger partial charge < -0.3 is 5.11 Å². The summed E-state index contributed by atoms with van der Waals surface area (Å²) in [7, 11) is -3.68. The number of sulfonamides is 1. The molecule has 112 valence electrons. The van der Waals surface area contributed by atoms with Gasteiger partial charge in [-0.2, -0.15) is 0 Å². The van der Waals surface area contributed by atoms with Crippen LogP contribution >= 0.6 is 15.9 Å². The molecule has 0 aliphatic heterocycles. The van der Waals surface area contributed by atoms with Crippen LogP contribution in [0.3, 0.4) is 0 Å². The van der Waals surface area contributed by atoms with Crippen molar-refractivity contribution in [3.05, 3.63) is 58.1 Å². The van der Waals surface area contributed by atoms with Crippen molar-refractivity contribution in [1.29, 1.82) is 0 Å². The van der Waals surface area contributed by atoms with Gasteiger partial charge in [-0.25, -0.2) is 8.42 Å². The lowest BCUT2D eigenvalue weighted by Crippen LogP contribution is -2.13. The summed E-state index contributed by atoms with van der Waals surface area (Å²) in [5.74, 6) is 0. The fourth-order valence-electron chi connectivity index (χ4n) is 1.86. The highest BCUT2D eigenvalue weighted by Crippen LogP contribution is 2.23. The molecule has 6 heteroatoms. The van der Waals surface area contributed by atoms with Crippen LogP contribution in [0.1, 0.15) is 24.2 Å². The summed E-state index contributed by atoms with van der Waals surface area (Å²) in [5, 5.41) is 9.55. The average Bonchev–Trinajstić information content (AvgIpc) is 2.43. The summed E-state index contributed by atoms with van der Waals surface area (Å²) >= 11 is 3.37. The normalized spacial score (nSPS) is 13.0. The molecule has 0 heterocycles. The van der Waals surface area contributed by atoms with Gasteiger partial charge in [-0.05, 0) is 55.3 Å². The van der Waals surface area contributed by atoms with Crippen molar-refractivity contribution in [2.24, 2.45) is 0 Å². The van der Waals surface area contributed by atoms with Crippen LogP contribution in [0.5, 0.6) is 0 Å². The molecule has 0 aliphatic rings. The number of halogens is 1. The molecule has 0 spiro atoms. The van der Waals surface area contributed by atoms with E-state index in [0.29, 0.717) is 11.3 Å². The van der Waals surface area contributed by atoms with E-state index >= 15 is 0 Å². The Morgan fingerprint density at radius 2 is 1.90 bits per heavy atom. The zero-order chi connectivity index (χ0) is 15.6. The molecule has 0 fully saturated rings. The quantitative estimate of drug-likeness (QED) is 0.864. The molecule has 2 aromatic rings. The fraction of sp³-hybridized carbons (Fsp3) is 0.200. The van der Waals surface area contributed by atoms with Crippen LogP contribution in [0, 0.1) is 6.92 Å². The van der Waals surface area contributed by atoms with Gasteiger partial charge in [0.1, 0.15) is 0 Å². The maximum absolute atomic E-state index is 12.4. The molecule has 2 N–H and O–H groups in total. The molecule has 0 saturated heterocycles. The summed E-state index contributed by atoms with van der Waals surface area (Å²) < 4.78 is 28.2. The zero-order valence-electron chi connectivity index (χ0n) is 11.7. The van der Waals surface area contributed by atoms with Gasteiger partial charge in [0.05, 0.1) is 11.0 Å². The van der Waals surface area contributed by atoms with E-state index in [-0.39, 0.29) is 4.90 Å². The minimum atomic E-state index is -3.68. The highest BCUT2D eigenvalue weighted by atomic mass is 79.9. The van der Waals surface area contributed by atoms with E-state index < -0.39 is 16.1 Å². The van der Waals surface area contributed by atoms with Gasteiger partial charge in [0.15, 0.2) is 0 Å². The van der Waals surface area contributed by atoms with Gasteiger partial charge in [-0.15, -0.1) is 0 Å². The highest BCUT2D eigenvalue weighted by molar-refractivity contribution is 9.10. The Labute approximate surface area is 133 Å². The number of aliphatic hydroxyl groups excluding tert-OH is 1. The van der Waals surface area contributed by atoms with Crippen molar-refractivity contribution < 1.29 is 13.5 Å². The molecule has 4 nitrogen and oxygen atoms in total. The van der Waals surface area contributed by atoms with Crippen LogP contribution in [0.4, 0.5) is 5.69 Å². The Bertz CT molecular complexity index is 757. The zero-order valence-corrected chi connectivity index (χ0v) is 14.1. The number of aryl methyl sites for hydroxylation is 1. The first-order chi connectivity index (χ1) is 9.79. The van der Waals surface area contributed by atoms with Crippen molar-refractivity contribution in [2.45, 2.75) is 24.8 Å². The first-order valence-electron chi connectivity index (χ1n) is 6.36. The summed E-state index contributed by atoms with van der Waals surface area (Å²) in [6, 6.07) is 11.5. The van der Waals surface area contributed by atoms with Crippen molar-refractivity contribution in [3.8, 4) is 0 Å². The first-order valence-corrected chi connectivity index (χ1v) is 8.64. The second-order valence-corrected chi connectivity index (χ2v) is 7.35. The molecule has 0 saturated carbocycles. The highest BCUT2D eigenvalue weighted by Gasteiger charge is 2.16.